The lowest BCUT2D eigenvalue weighted by Crippen LogP contribution is -2.35. The molecule has 110 valence electrons. The van der Waals surface area contributed by atoms with Crippen molar-refractivity contribution in [2.45, 2.75) is 0 Å². The van der Waals surface area contributed by atoms with Crippen LogP contribution in [0.5, 0.6) is 0 Å². The summed E-state index contributed by atoms with van der Waals surface area (Å²) in [5.41, 5.74) is 6.64. The largest absolute Gasteiger partial charge is 0.329 e. The highest BCUT2D eigenvalue weighted by Gasteiger charge is 2.20. The maximum Gasteiger partial charge on any atom is 0.259 e. The first-order chi connectivity index (χ1) is 10.0. The number of halogens is 3. The molecule has 0 saturated heterocycles. The highest BCUT2D eigenvalue weighted by atomic mass is 35.5. The van der Waals surface area contributed by atoms with Crippen LogP contribution in [0.25, 0.3) is 0 Å². The molecule has 21 heavy (non-hydrogen) atoms. The topological polar surface area (TPSA) is 46.3 Å². The van der Waals surface area contributed by atoms with Crippen LogP contribution in [0.2, 0.25) is 15.1 Å². The highest BCUT2D eigenvalue weighted by Crippen LogP contribution is 2.25. The molecule has 0 bridgehead atoms. The third kappa shape index (κ3) is 3.89. The third-order valence-electron chi connectivity index (χ3n) is 2.89. The van der Waals surface area contributed by atoms with Crippen LogP contribution >= 0.6 is 34.8 Å². The number of nitrogens with zero attached hydrogens (tertiary/aromatic N) is 1. The van der Waals surface area contributed by atoms with E-state index in [0.29, 0.717) is 39.4 Å². The van der Waals surface area contributed by atoms with Gasteiger partial charge in [0.05, 0.1) is 10.6 Å². The Hall–Kier alpha value is -1.26. The molecule has 2 aromatic rings. The summed E-state index contributed by atoms with van der Waals surface area (Å²) in [5.74, 6) is -0.254. The van der Waals surface area contributed by atoms with E-state index in [2.05, 4.69) is 0 Å². The fourth-order valence-electron chi connectivity index (χ4n) is 1.90. The van der Waals surface area contributed by atoms with E-state index < -0.39 is 0 Å². The zero-order chi connectivity index (χ0) is 15.4. The van der Waals surface area contributed by atoms with Gasteiger partial charge in [0.15, 0.2) is 0 Å². The lowest BCUT2D eigenvalue weighted by Gasteiger charge is -2.23. The van der Waals surface area contributed by atoms with E-state index >= 15 is 0 Å². The molecule has 0 radical (unpaired) electrons. The molecule has 0 spiro atoms. The van der Waals surface area contributed by atoms with Crippen molar-refractivity contribution in [1.82, 2.24) is 0 Å². The minimum absolute atomic E-state index is 0.254. The van der Waals surface area contributed by atoms with E-state index in [9.17, 15) is 4.79 Å². The maximum absolute atomic E-state index is 12.7. The van der Waals surface area contributed by atoms with Crippen LogP contribution in [0.4, 0.5) is 5.69 Å². The fourth-order valence-corrected chi connectivity index (χ4v) is 2.40. The van der Waals surface area contributed by atoms with Gasteiger partial charge in [0.1, 0.15) is 0 Å². The molecule has 2 aromatic carbocycles. The minimum atomic E-state index is -0.254. The molecule has 0 aromatic heterocycles. The number of nitrogens with two attached hydrogens (primary N) is 1. The summed E-state index contributed by atoms with van der Waals surface area (Å²) < 4.78 is 0. The standard InChI is InChI=1S/C15H13Cl3N2O/c16-10-1-4-12(5-2-10)20(8-7-19)15(21)13-9-11(17)3-6-14(13)18/h1-6,9H,7-8,19H2. The monoisotopic (exact) mass is 342 g/mol. The van der Waals surface area contributed by atoms with Crippen molar-refractivity contribution >= 4 is 46.4 Å². The fraction of sp³-hybridized carbons (Fsp3) is 0.133. The number of amides is 1. The van der Waals surface area contributed by atoms with Gasteiger partial charge in [0.25, 0.3) is 5.91 Å². The molecule has 0 heterocycles. The Morgan fingerprint density at radius 3 is 2.24 bits per heavy atom. The van der Waals surface area contributed by atoms with Crippen LogP contribution in [0.3, 0.4) is 0 Å². The molecular formula is C15H13Cl3N2O. The van der Waals surface area contributed by atoms with E-state index in [1.165, 1.54) is 0 Å². The van der Waals surface area contributed by atoms with E-state index in [4.69, 9.17) is 40.5 Å². The molecule has 3 nitrogen and oxygen atoms in total. The molecule has 0 saturated carbocycles. The normalized spacial score (nSPS) is 10.5. The predicted molar refractivity (Wildman–Crippen MR) is 88.6 cm³/mol. The van der Waals surface area contributed by atoms with E-state index in [0.717, 1.165) is 0 Å². The summed E-state index contributed by atoms with van der Waals surface area (Å²) in [4.78, 5) is 14.2. The van der Waals surface area contributed by atoms with Gasteiger partial charge >= 0.3 is 0 Å². The highest BCUT2D eigenvalue weighted by molar-refractivity contribution is 6.36. The van der Waals surface area contributed by atoms with E-state index in [1.807, 2.05) is 0 Å². The van der Waals surface area contributed by atoms with Crippen molar-refractivity contribution in [2.24, 2.45) is 5.73 Å². The molecule has 0 fully saturated rings. The van der Waals surface area contributed by atoms with Crippen LogP contribution < -0.4 is 10.6 Å². The lowest BCUT2D eigenvalue weighted by molar-refractivity contribution is 0.0987. The average molecular weight is 344 g/mol. The number of rotatable bonds is 4. The van der Waals surface area contributed by atoms with E-state index in [1.54, 1.807) is 47.4 Å². The number of hydrogen-bond donors (Lipinski definition) is 1. The second kappa shape index (κ2) is 7.14. The molecule has 2 N–H and O–H groups in total. The SMILES string of the molecule is NCCN(C(=O)c1cc(Cl)ccc1Cl)c1ccc(Cl)cc1. The Labute approximate surface area is 138 Å². The van der Waals surface area contributed by atoms with Crippen LogP contribution in [-0.2, 0) is 0 Å². The lowest BCUT2D eigenvalue weighted by atomic mass is 10.1. The second-order valence-corrected chi connectivity index (χ2v) is 5.63. The minimum Gasteiger partial charge on any atom is -0.329 e. The number of anilines is 1. The summed E-state index contributed by atoms with van der Waals surface area (Å²) >= 11 is 17.9. The first-order valence-corrected chi connectivity index (χ1v) is 7.39. The average Bonchev–Trinajstić information content (AvgIpc) is 2.48. The molecule has 0 unspecified atom stereocenters. The van der Waals surface area contributed by atoms with Gasteiger partial charge < -0.3 is 10.6 Å². The molecule has 6 heteroatoms. The summed E-state index contributed by atoms with van der Waals surface area (Å²) in [6.45, 7) is 0.690. The number of carbonyl (C=O) groups excluding carboxylic acids is 1. The Morgan fingerprint density at radius 2 is 1.62 bits per heavy atom. The van der Waals surface area contributed by atoms with Crippen LogP contribution in [0.15, 0.2) is 42.5 Å². The van der Waals surface area contributed by atoms with E-state index in [-0.39, 0.29) is 5.91 Å². The maximum atomic E-state index is 12.7. The quantitative estimate of drug-likeness (QED) is 0.902. The van der Waals surface area contributed by atoms with Crippen molar-refractivity contribution in [3.05, 3.63) is 63.1 Å². The van der Waals surface area contributed by atoms with Gasteiger partial charge in [-0.15, -0.1) is 0 Å². The van der Waals surface area contributed by atoms with Crippen LogP contribution in [-0.4, -0.2) is 19.0 Å². The molecule has 0 aliphatic heterocycles. The second-order valence-electron chi connectivity index (χ2n) is 4.35. The van der Waals surface area contributed by atoms with Crippen molar-refractivity contribution in [3.8, 4) is 0 Å². The van der Waals surface area contributed by atoms with Gasteiger partial charge in [-0.05, 0) is 42.5 Å². The zero-order valence-corrected chi connectivity index (χ0v) is 13.3. The Kier molecular flexibility index (Phi) is 5.48. The Bertz CT molecular complexity index is 644. The zero-order valence-electron chi connectivity index (χ0n) is 11.0. The summed E-state index contributed by atoms with van der Waals surface area (Å²) in [6, 6.07) is 11.7. The van der Waals surface area contributed by atoms with Gasteiger partial charge in [-0.2, -0.15) is 0 Å². The molecule has 1 amide bonds. The molecule has 0 aliphatic carbocycles. The summed E-state index contributed by atoms with van der Waals surface area (Å²) in [7, 11) is 0. The van der Waals surface area contributed by atoms with Gasteiger partial charge in [0, 0.05) is 28.8 Å². The van der Waals surface area contributed by atoms with Crippen LogP contribution in [0.1, 0.15) is 10.4 Å². The van der Waals surface area contributed by atoms with Gasteiger partial charge in [-0.1, -0.05) is 34.8 Å². The molecule has 2 rings (SSSR count). The predicted octanol–water partition coefficient (Wildman–Crippen LogP) is 4.25. The Balaban J connectivity index is 2.39. The number of carbonyl (C=O) groups is 1. The molecule has 0 atom stereocenters. The third-order valence-corrected chi connectivity index (χ3v) is 3.71. The van der Waals surface area contributed by atoms with Gasteiger partial charge in [-0.25, -0.2) is 0 Å². The molecule has 0 aliphatic rings. The number of hydrogen-bond acceptors (Lipinski definition) is 2. The van der Waals surface area contributed by atoms with Crippen molar-refractivity contribution in [2.75, 3.05) is 18.0 Å². The first kappa shape index (κ1) is 16.1. The Morgan fingerprint density at radius 1 is 1.00 bits per heavy atom. The van der Waals surface area contributed by atoms with Crippen LogP contribution in [0, 0.1) is 0 Å². The molecular weight excluding hydrogens is 331 g/mol. The van der Waals surface area contributed by atoms with Gasteiger partial charge in [0.2, 0.25) is 0 Å². The summed E-state index contributed by atoms with van der Waals surface area (Å²) in [6.07, 6.45) is 0. The van der Waals surface area contributed by atoms with Gasteiger partial charge in [-0.3, -0.25) is 4.79 Å². The first-order valence-electron chi connectivity index (χ1n) is 6.25. The smallest absolute Gasteiger partial charge is 0.259 e. The number of benzene rings is 2. The summed E-state index contributed by atoms with van der Waals surface area (Å²) in [5, 5.41) is 1.40. The van der Waals surface area contributed by atoms with Crippen molar-refractivity contribution in [3.63, 3.8) is 0 Å². The van der Waals surface area contributed by atoms with Crippen molar-refractivity contribution in [1.29, 1.82) is 0 Å². The van der Waals surface area contributed by atoms with Crippen molar-refractivity contribution < 1.29 is 4.79 Å².